The molecule has 0 radical (unpaired) electrons. The summed E-state index contributed by atoms with van der Waals surface area (Å²) in [4.78, 5) is 12.2. The summed E-state index contributed by atoms with van der Waals surface area (Å²) >= 11 is 1.19. The fraction of sp³-hybridized carbons (Fsp3) is 0.808. The predicted molar refractivity (Wildman–Crippen MR) is 141 cm³/mol. The molecule has 9 heteroatoms. The topological polar surface area (TPSA) is 70.5 Å². The maximum atomic E-state index is 12.2. The normalized spacial score (nSPS) is 18.3. The summed E-state index contributed by atoms with van der Waals surface area (Å²) in [6, 6.07) is 0. The van der Waals surface area contributed by atoms with E-state index >= 15 is 0 Å². The minimum absolute atomic E-state index is 0.280. The second-order valence-electron chi connectivity index (χ2n) is 9.94. The van der Waals surface area contributed by atoms with Gasteiger partial charge >= 0.3 is 6.16 Å². The predicted octanol–water partition coefficient (Wildman–Crippen LogP) is 5.50. The highest BCUT2D eigenvalue weighted by molar-refractivity contribution is 6.99. The van der Waals surface area contributed by atoms with Crippen LogP contribution in [0.25, 0.3) is 5.57 Å². The van der Waals surface area contributed by atoms with Crippen molar-refractivity contribution in [3.63, 3.8) is 0 Å². The van der Waals surface area contributed by atoms with E-state index in [1.165, 1.54) is 31.0 Å². The molecule has 0 spiro atoms. The molecule has 35 heavy (non-hydrogen) atoms. The Hall–Kier alpha value is -1.71. The molecule has 0 aliphatic carbocycles. The number of quaternary nitrogens is 2. The van der Waals surface area contributed by atoms with Crippen molar-refractivity contribution in [1.29, 1.82) is 0 Å². The average Bonchev–Trinajstić information content (AvgIpc) is 3.34. The minimum Gasteiger partial charge on any atom is -0.475 e. The van der Waals surface area contributed by atoms with Crippen molar-refractivity contribution in [1.82, 2.24) is 8.75 Å². The van der Waals surface area contributed by atoms with Crippen LogP contribution in [0.1, 0.15) is 78.3 Å². The van der Waals surface area contributed by atoms with Crippen molar-refractivity contribution in [2.24, 2.45) is 0 Å². The summed E-state index contributed by atoms with van der Waals surface area (Å²) in [5.41, 5.74) is 1.94. The van der Waals surface area contributed by atoms with E-state index in [1.54, 1.807) is 0 Å². The molecule has 0 N–H and O–H groups in total. The van der Waals surface area contributed by atoms with Gasteiger partial charge in [-0.3, -0.25) is 4.48 Å². The molecule has 0 aromatic carbocycles. The molecule has 1 unspecified atom stereocenters. The Morgan fingerprint density at radius 3 is 2.46 bits per heavy atom. The zero-order valence-electron chi connectivity index (χ0n) is 22.7. The van der Waals surface area contributed by atoms with Crippen molar-refractivity contribution < 1.29 is 28.0 Å². The van der Waals surface area contributed by atoms with E-state index in [4.69, 9.17) is 14.2 Å². The number of hydrogen-bond donors (Lipinski definition) is 0. The third-order valence-corrected chi connectivity index (χ3v) is 7.88. The first-order valence-electron chi connectivity index (χ1n) is 13.5. The van der Waals surface area contributed by atoms with Gasteiger partial charge in [0.2, 0.25) is 6.73 Å². The van der Waals surface area contributed by atoms with Crippen molar-refractivity contribution in [3.8, 4) is 5.88 Å². The van der Waals surface area contributed by atoms with E-state index in [-0.39, 0.29) is 6.73 Å². The van der Waals surface area contributed by atoms with Crippen LogP contribution >= 0.6 is 11.7 Å². The lowest BCUT2D eigenvalue weighted by Gasteiger charge is -2.36. The zero-order valence-corrected chi connectivity index (χ0v) is 23.5. The van der Waals surface area contributed by atoms with Gasteiger partial charge in [-0.1, -0.05) is 32.3 Å². The van der Waals surface area contributed by atoms with Gasteiger partial charge in [0, 0.05) is 12.0 Å². The molecule has 2 rings (SSSR count). The highest BCUT2D eigenvalue weighted by Crippen LogP contribution is 2.30. The number of carbonyl (C=O) groups excluding carboxylic acids is 1. The van der Waals surface area contributed by atoms with Crippen LogP contribution in [0.4, 0.5) is 4.79 Å². The van der Waals surface area contributed by atoms with Crippen LogP contribution in [0.3, 0.4) is 0 Å². The van der Waals surface area contributed by atoms with Crippen LogP contribution in [-0.2, 0) is 9.47 Å². The van der Waals surface area contributed by atoms with Crippen LogP contribution < -0.4 is 4.74 Å². The number of rotatable bonds is 17. The average molecular weight is 513 g/mol. The van der Waals surface area contributed by atoms with Gasteiger partial charge in [-0.15, -0.1) is 4.37 Å². The Bertz CT molecular complexity index is 773. The molecule has 1 aromatic rings. The van der Waals surface area contributed by atoms with E-state index in [0.29, 0.717) is 23.6 Å². The number of carbonyl (C=O) groups is 1. The summed E-state index contributed by atoms with van der Waals surface area (Å²) < 4.78 is 27.4. The highest BCUT2D eigenvalue weighted by Gasteiger charge is 2.31. The van der Waals surface area contributed by atoms with Crippen LogP contribution in [0.5, 0.6) is 5.88 Å². The largest absolute Gasteiger partial charge is 0.512 e. The Morgan fingerprint density at radius 1 is 1.00 bits per heavy atom. The second kappa shape index (κ2) is 15.4. The molecule has 0 saturated heterocycles. The summed E-state index contributed by atoms with van der Waals surface area (Å²) in [6.45, 7) is 16.5. The van der Waals surface area contributed by atoms with Gasteiger partial charge < -0.3 is 18.7 Å². The smallest absolute Gasteiger partial charge is 0.475 e. The van der Waals surface area contributed by atoms with Crippen molar-refractivity contribution >= 4 is 23.5 Å². The van der Waals surface area contributed by atoms with Crippen LogP contribution in [0.2, 0.25) is 0 Å². The number of hydrogen-bond acceptors (Lipinski definition) is 7. The molecule has 8 nitrogen and oxygen atoms in total. The van der Waals surface area contributed by atoms with Crippen LogP contribution in [-0.4, -0.2) is 90.1 Å². The monoisotopic (exact) mass is 512 g/mol. The molecular weight excluding hydrogens is 464 g/mol. The van der Waals surface area contributed by atoms with E-state index < -0.39 is 6.16 Å². The standard InChI is InChI=1S/C26H48N4O4S/c1-6-10-11-13-19-32-25-24(27-35-28-25)23-16-15-17-29(5,21-23)22-34-26(31)33-20-14-12-18-30(7-2,8-3)9-4/h16H,6-15,17-22H2,1-5H3/q+2. The first kappa shape index (κ1) is 29.5. The Kier molecular flexibility index (Phi) is 13.0. The third kappa shape index (κ3) is 9.69. The van der Waals surface area contributed by atoms with E-state index in [2.05, 4.69) is 49.6 Å². The molecule has 0 bridgehead atoms. The van der Waals surface area contributed by atoms with Crippen molar-refractivity contribution in [2.75, 3.05) is 66.3 Å². The third-order valence-electron chi connectivity index (χ3n) is 7.36. The molecule has 1 aliphatic rings. The van der Waals surface area contributed by atoms with Gasteiger partial charge in [-0.25, -0.2) is 4.79 Å². The number of ether oxygens (including phenoxy) is 3. The fourth-order valence-corrected chi connectivity index (χ4v) is 5.19. The zero-order chi connectivity index (χ0) is 25.6. The molecule has 0 saturated carbocycles. The number of unbranched alkanes of at least 4 members (excludes halogenated alkanes) is 4. The number of nitrogens with zero attached hydrogens (tertiary/aromatic N) is 4. The first-order valence-corrected chi connectivity index (χ1v) is 14.3. The maximum absolute atomic E-state index is 12.2. The van der Waals surface area contributed by atoms with Gasteiger partial charge in [-0.05, 0) is 40.0 Å². The van der Waals surface area contributed by atoms with Crippen molar-refractivity contribution in [3.05, 3.63) is 11.8 Å². The summed E-state index contributed by atoms with van der Waals surface area (Å²) in [5, 5.41) is 0. The lowest BCUT2D eigenvalue weighted by molar-refractivity contribution is -0.923. The Balaban J connectivity index is 1.74. The van der Waals surface area contributed by atoms with Gasteiger partial charge in [0.1, 0.15) is 12.2 Å². The molecule has 0 fully saturated rings. The summed E-state index contributed by atoms with van der Waals surface area (Å²) in [7, 11) is 2.10. The molecule has 200 valence electrons. The van der Waals surface area contributed by atoms with E-state index in [9.17, 15) is 4.79 Å². The van der Waals surface area contributed by atoms with Gasteiger partial charge in [-0.2, -0.15) is 4.37 Å². The lowest BCUT2D eigenvalue weighted by Crippen LogP contribution is -2.49. The SMILES string of the molecule is CCCCCCOc1nsnc1C1=CCC[N+](C)(COC(=O)OCCCC[N+](CC)(CC)CC)C1. The Morgan fingerprint density at radius 2 is 1.74 bits per heavy atom. The molecule has 2 heterocycles. The minimum atomic E-state index is -0.575. The fourth-order valence-electron chi connectivity index (χ4n) is 4.66. The summed E-state index contributed by atoms with van der Waals surface area (Å²) in [5.74, 6) is 0.628. The number of aromatic nitrogens is 2. The van der Waals surface area contributed by atoms with Gasteiger partial charge in [0.15, 0.2) is 0 Å². The first-order chi connectivity index (χ1) is 16.9. The molecule has 1 aromatic heterocycles. The molecule has 0 amide bonds. The van der Waals surface area contributed by atoms with Gasteiger partial charge in [0.05, 0.1) is 64.7 Å². The highest BCUT2D eigenvalue weighted by atomic mass is 32.1. The number of likely N-dealkylation sites (N-methyl/N-ethyl adjacent to an activating group) is 1. The van der Waals surface area contributed by atoms with Crippen LogP contribution in [0.15, 0.2) is 6.08 Å². The molecule has 1 aliphatic heterocycles. The molecule has 1 atom stereocenters. The summed E-state index contributed by atoms with van der Waals surface area (Å²) in [6.07, 6.45) is 9.08. The maximum Gasteiger partial charge on any atom is 0.512 e. The Labute approximate surface area is 216 Å². The van der Waals surface area contributed by atoms with E-state index in [0.717, 1.165) is 80.7 Å². The van der Waals surface area contributed by atoms with Crippen molar-refractivity contribution in [2.45, 2.75) is 72.6 Å². The lowest BCUT2D eigenvalue weighted by atomic mass is 10.1. The van der Waals surface area contributed by atoms with E-state index in [1.807, 2.05) is 0 Å². The van der Waals surface area contributed by atoms with Crippen LogP contribution in [0, 0.1) is 0 Å². The second-order valence-corrected chi connectivity index (χ2v) is 10.5. The quantitative estimate of drug-likeness (QED) is 0.156. The van der Waals surface area contributed by atoms with Gasteiger partial charge in [0.25, 0.3) is 5.88 Å². The molecular formula is C26H48N4O4S+2.